The number of aryl methyl sites for hydroxylation is 1. The zero-order valence-electron chi connectivity index (χ0n) is 17.4. The van der Waals surface area contributed by atoms with Crippen LogP contribution in [-0.4, -0.2) is 68.5 Å². The van der Waals surface area contributed by atoms with E-state index in [4.69, 9.17) is 17.3 Å². The number of ketones is 2. The molecule has 4 rings (SSSR count). The number of halogens is 1. The Morgan fingerprint density at radius 1 is 1.16 bits per heavy atom. The van der Waals surface area contributed by atoms with Crippen molar-refractivity contribution in [2.45, 2.75) is 25.0 Å². The molecular weight excluding hydrogens is 440 g/mol. The van der Waals surface area contributed by atoms with Crippen molar-refractivity contribution < 1.29 is 34.8 Å². The fourth-order valence-electron chi connectivity index (χ4n) is 5.10. The third-order valence-electron chi connectivity index (χ3n) is 6.56. The summed E-state index contributed by atoms with van der Waals surface area (Å²) < 4.78 is 0. The number of rotatable bonds is 2. The average Bonchev–Trinajstić information content (AvgIpc) is 2.69. The van der Waals surface area contributed by atoms with Crippen molar-refractivity contribution >= 4 is 39.8 Å². The van der Waals surface area contributed by atoms with Gasteiger partial charge in [-0.05, 0) is 50.7 Å². The minimum absolute atomic E-state index is 0.0925. The van der Waals surface area contributed by atoms with E-state index in [2.05, 4.69) is 0 Å². The molecule has 10 heteroatoms. The number of Topliss-reactive ketones (excluding diaryl/α,β-unsaturated/α-hetero) is 2. The summed E-state index contributed by atoms with van der Waals surface area (Å²) in [4.78, 5) is 40.2. The molecule has 9 nitrogen and oxygen atoms in total. The lowest BCUT2D eigenvalue weighted by molar-refractivity contribution is -0.140. The summed E-state index contributed by atoms with van der Waals surface area (Å²) in [5.74, 6) is -6.54. The van der Waals surface area contributed by atoms with Crippen LogP contribution in [0.2, 0.25) is 5.02 Å². The van der Waals surface area contributed by atoms with Crippen LogP contribution in [0.1, 0.15) is 21.5 Å². The number of primary amides is 1. The summed E-state index contributed by atoms with van der Waals surface area (Å²) in [5.41, 5.74) is 2.10. The number of likely N-dealkylation sites (N-methyl/N-ethyl adjacent to an activating group) is 1. The van der Waals surface area contributed by atoms with E-state index in [1.807, 2.05) is 0 Å². The molecule has 2 aliphatic rings. The maximum absolute atomic E-state index is 13.6. The van der Waals surface area contributed by atoms with Crippen LogP contribution in [0.5, 0.6) is 11.5 Å². The number of amides is 1. The van der Waals surface area contributed by atoms with Gasteiger partial charge in [0.1, 0.15) is 22.8 Å². The summed E-state index contributed by atoms with van der Waals surface area (Å²) >= 11 is 6.31. The zero-order valence-corrected chi connectivity index (χ0v) is 18.2. The number of phenols is 2. The van der Waals surface area contributed by atoms with Crippen LogP contribution < -0.4 is 5.73 Å². The minimum Gasteiger partial charge on any atom is -0.510 e. The van der Waals surface area contributed by atoms with E-state index in [0.29, 0.717) is 16.5 Å². The summed E-state index contributed by atoms with van der Waals surface area (Å²) in [5, 5.41) is 43.9. The van der Waals surface area contributed by atoms with Gasteiger partial charge in [-0.1, -0.05) is 11.6 Å². The molecule has 0 heterocycles. The molecule has 168 valence electrons. The van der Waals surface area contributed by atoms with Crippen LogP contribution in [-0.2, 0) is 16.0 Å². The second-order valence-electron chi connectivity index (χ2n) is 8.41. The molecule has 6 N–H and O–H groups in total. The summed E-state index contributed by atoms with van der Waals surface area (Å²) in [6.45, 7) is 1.64. The Bertz CT molecular complexity index is 1280. The minimum atomic E-state index is -2.76. The summed E-state index contributed by atoms with van der Waals surface area (Å²) in [7, 11) is 3.10. The van der Waals surface area contributed by atoms with Gasteiger partial charge in [0.15, 0.2) is 5.60 Å². The van der Waals surface area contributed by atoms with Crippen molar-refractivity contribution in [1.29, 1.82) is 0 Å². The number of carbonyl (C=O) groups is 3. The van der Waals surface area contributed by atoms with E-state index < -0.39 is 52.1 Å². The number of nitrogens with zero attached hydrogens (tertiary/aromatic N) is 1. The molecule has 0 saturated carbocycles. The van der Waals surface area contributed by atoms with E-state index in [1.54, 1.807) is 21.0 Å². The van der Waals surface area contributed by atoms with Crippen LogP contribution in [0.15, 0.2) is 23.5 Å². The number of hydrogen-bond acceptors (Lipinski definition) is 8. The zero-order chi connectivity index (χ0) is 23.9. The maximum atomic E-state index is 13.6. The Morgan fingerprint density at radius 2 is 1.78 bits per heavy atom. The lowest BCUT2D eigenvalue weighted by Crippen LogP contribution is -2.66. The number of nitrogens with two attached hydrogens (primary N) is 1. The van der Waals surface area contributed by atoms with E-state index in [0.717, 1.165) is 0 Å². The van der Waals surface area contributed by atoms with Gasteiger partial charge in [-0.15, -0.1) is 0 Å². The molecule has 0 bridgehead atoms. The summed E-state index contributed by atoms with van der Waals surface area (Å²) in [6, 6.07) is 1.61. The Hall–Kier alpha value is -3.14. The number of benzene rings is 2. The Labute approximate surface area is 187 Å². The van der Waals surface area contributed by atoms with Gasteiger partial charge in [-0.25, -0.2) is 0 Å². The number of hydrogen-bond donors (Lipinski definition) is 5. The van der Waals surface area contributed by atoms with Crippen LogP contribution in [0.3, 0.4) is 0 Å². The van der Waals surface area contributed by atoms with Gasteiger partial charge in [0.2, 0.25) is 11.6 Å². The van der Waals surface area contributed by atoms with E-state index >= 15 is 0 Å². The van der Waals surface area contributed by atoms with Gasteiger partial charge in [-0.2, -0.15) is 0 Å². The highest BCUT2D eigenvalue weighted by Gasteiger charge is 2.63. The Balaban J connectivity index is 2.11. The predicted octanol–water partition coefficient (Wildman–Crippen LogP) is 1.11. The normalized spacial score (nSPS) is 25.3. The van der Waals surface area contributed by atoms with Gasteiger partial charge in [0, 0.05) is 16.3 Å². The van der Waals surface area contributed by atoms with Crippen molar-refractivity contribution in [3.63, 3.8) is 0 Å². The SMILES string of the molecule is Cc1c2c(c(O)c3c(O)ccc(Cl)c13)C(=O)[C@]1(O)C(=O)C(C(N)=O)=C(O)[C@@H](N(C)C)[C@@H]1C2. The number of aliphatic hydroxyl groups excluding tert-OH is 1. The topological polar surface area (TPSA) is 161 Å². The first-order valence-corrected chi connectivity index (χ1v) is 10.1. The quantitative estimate of drug-likeness (QED) is 0.329. The number of phenolic OH excluding ortho intramolecular Hbond substituents is 2. The maximum Gasteiger partial charge on any atom is 0.255 e. The summed E-state index contributed by atoms with van der Waals surface area (Å²) in [6.07, 6.45) is -0.108. The lowest BCUT2D eigenvalue weighted by atomic mass is 9.60. The van der Waals surface area contributed by atoms with E-state index in [9.17, 15) is 34.8 Å². The highest BCUT2D eigenvalue weighted by Crippen LogP contribution is 2.51. The van der Waals surface area contributed by atoms with Crippen LogP contribution in [0.4, 0.5) is 0 Å². The van der Waals surface area contributed by atoms with Gasteiger partial charge in [0.05, 0.1) is 17.0 Å². The van der Waals surface area contributed by atoms with Gasteiger partial charge in [0.25, 0.3) is 5.91 Å². The van der Waals surface area contributed by atoms with E-state index in [-0.39, 0.29) is 28.1 Å². The fraction of sp³-hybridized carbons (Fsp3) is 0.318. The third kappa shape index (κ3) is 2.55. The van der Waals surface area contributed by atoms with Crippen molar-refractivity contribution in [3.8, 4) is 11.5 Å². The highest BCUT2D eigenvalue weighted by atomic mass is 35.5. The van der Waals surface area contributed by atoms with Crippen molar-refractivity contribution in [2.75, 3.05) is 14.1 Å². The highest BCUT2D eigenvalue weighted by molar-refractivity contribution is 6.37. The molecule has 2 aromatic rings. The van der Waals surface area contributed by atoms with Gasteiger partial charge < -0.3 is 26.2 Å². The van der Waals surface area contributed by atoms with Crippen LogP contribution in [0.25, 0.3) is 10.8 Å². The Morgan fingerprint density at radius 3 is 2.34 bits per heavy atom. The largest absolute Gasteiger partial charge is 0.510 e. The first-order chi connectivity index (χ1) is 14.8. The smallest absolute Gasteiger partial charge is 0.255 e. The Kier molecular flexibility index (Phi) is 4.78. The molecule has 2 aliphatic carbocycles. The molecule has 0 radical (unpaired) electrons. The number of aromatic hydroxyl groups is 2. The predicted molar refractivity (Wildman–Crippen MR) is 115 cm³/mol. The van der Waals surface area contributed by atoms with Crippen molar-refractivity contribution in [1.82, 2.24) is 4.90 Å². The lowest BCUT2D eigenvalue weighted by Gasteiger charge is -2.47. The second-order valence-corrected chi connectivity index (χ2v) is 8.82. The molecule has 3 atom stereocenters. The van der Waals surface area contributed by atoms with E-state index in [1.165, 1.54) is 17.0 Å². The molecule has 32 heavy (non-hydrogen) atoms. The van der Waals surface area contributed by atoms with Crippen molar-refractivity contribution in [3.05, 3.63) is 45.2 Å². The molecule has 0 fully saturated rings. The first kappa shape index (κ1) is 22.1. The standard InChI is InChI=1S/C22H21ClN2O7/c1-7-8-6-9-16(25(2)3)18(28)15(21(24)31)20(30)22(9,32)19(29)13(8)17(27)14-11(26)5-4-10(23)12(7)14/h4-5,9,16,26-28,32H,6H2,1-3H3,(H2,24,31)/t9-,16-,22-/m0/s1. The molecule has 2 aromatic carbocycles. The van der Waals surface area contributed by atoms with Gasteiger partial charge >= 0.3 is 0 Å². The van der Waals surface area contributed by atoms with Gasteiger partial charge in [-0.3, -0.25) is 19.3 Å². The fourth-order valence-corrected chi connectivity index (χ4v) is 5.40. The number of aliphatic hydroxyl groups is 2. The molecule has 0 aliphatic heterocycles. The van der Waals surface area contributed by atoms with Crippen molar-refractivity contribution in [2.24, 2.45) is 11.7 Å². The van der Waals surface area contributed by atoms with Crippen LogP contribution >= 0.6 is 11.6 Å². The number of fused-ring (bicyclic) bond motifs is 3. The molecular formula is C22H21ClN2O7. The third-order valence-corrected chi connectivity index (χ3v) is 6.88. The molecule has 0 spiro atoms. The van der Waals surface area contributed by atoms with Crippen LogP contribution in [0, 0.1) is 12.8 Å². The molecule has 0 aromatic heterocycles. The molecule has 1 amide bonds. The number of carbonyl (C=O) groups excluding carboxylic acids is 3. The second kappa shape index (κ2) is 6.93. The monoisotopic (exact) mass is 460 g/mol. The average molecular weight is 461 g/mol. The first-order valence-electron chi connectivity index (χ1n) is 9.72. The molecule has 0 unspecified atom stereocenters. The molecule has 0 saturated heterocycles.